The summed E-state index contributed by atoms with van der Waals surface area (Å²) in [5, 5.41) is 10.1. The largest absolute Gasteiger partial charge is 0.506 e. The molecule has 3 N–H and O–H groups in total. The van der Waals surface area contributed by atoms with Gasteiger partial charge in [-0.3, -0.25) is 4.99 Å². The second-order valence-corrected chi connectivity index (χ2v) is 3.42. The lowest BCUT2D eigenvalue weighted by molar-refractivity contribution is -0.137. The van der Waals surface area contributed by atoms with Crippen molar-refractivity contribution in [1.29, 1.82) is 0 Å². The van der Waals surface area contributed by atoms with Crippen LogP contribution in [0.2, 0.25) is 0 Å². The highest BCUT2D eigenvalue weighted by Crippen LogP contribution is 2.17. The van der Waals surface area contributed by atoms with E-state index in [0.29, 0.717) is 5.56 Å². The fourth-order valence-electron chi connectivity index (χ4n) is 1.38. The van der Waals surface area contributed by atoms with Crippen LogP contribution < -0.4 is 5.73 Å². The van der Waals surface area contributed by atoms with Gasteiger partial charge < -0.3 is 15.6 Å². The summed E-state index contributed by atoms with van der Waals surface area (Å²) in [6.07, 6.45) is 0. The number of carbonyl (C=O) groups is 1. The van der Waals surface area contributed by atoms with Gasteiger partial charge in [-0.15, -0.1) is 0 Å². The summed E-state index contributed by atoms with van der Waals surface area (Å²) in [6.45, 7) is 1.87. The van der Waals surface area contributed by atoms with E-state index >= 15 is 0 Å². The van der Waals surface area contributed by atoms with E-state index in [9.17, 15) is 9.90 Å². The van der Waals surface area contributed by atoms with Gasteiger partial charge in [-0.1, -0.05) is 30.3 Å². The highest BCUT2D eigenvalue weighted by atomic mass is 16.5. The molecule has 0 saturated carbocycles. The third kappa shape index (κ3) is 3.10. The van der Waals surface area contributed by atoms with Crippen LogP contribution in [0.5, 0.6) is 0 Å². The van der Waals surface area contributed by atoms with E-state index in [0.717, 1.165) is 0 Å². The van der Waals surface area contributed by atoms with Crippen LogP contribution >= 0.6 is 0 Å². The Morgan fingerprint density at radius 2 is 2.00 bits per heavy atom. The fourth-order valence-corrected chi connectivity index (χ4v) is 1.38. The van der Waals surface area contributed by atoms with Crippen LogP contribution in [0.4, 0.5) is 0 Å². The van der Waals surface area contributed by atoms with Gasteiger partial charge in [0.25, 0.3) is 0 Å². The summed E-state index contributed by atoms with van der Waals surface area (Å²) in [6, 6.07) is 8.62. The topological polar surface area (TPSA) is 84.9 Å². The Labute approximate surface area is 106 Å². The minimum atomic E-state index is -0.693. The third-order valence-electron chi connectivity index (χ3n) is 2.26. The average Bonchev–Trinajstić information content (AvgIpc) is 2.40. The maximum Gasteiger partial charge on any atom is 0.345 e. The van der Waals surface area contributed by atoms with E-state index in [1.807, 2.05) is 0 Å². The van der Waals surface area contributed by atoms with Gasteiger partial charge >= 0.3 is 5.97 Å². The van der Waals surface area contributed by atoms with E-state index < -0.39 is 5.97 Å². The Balaban J connectivity index is 3.28. The van der Waals surface area contributed by atoms with Crippen LogP contribution in [0.25, 0.3) is 5.76 Å². The number of hydrogen-bond donors (Lipinski definition) is 2. The molecule has 0 aliphatic heterocycles. The lowest BCUT2D eigenvalue weighted by Crippen LogP contribution is -2.24. The summed E-state index contributed by atoms with van der Waals surface area (Å²) in [5.74, 6) is -0.992. The van der Waals surface area contributed by atoms with Gasteiger partial charge in [-0.2, -0.15) is 0 Å². The van der Waals surface area contributed by atoms with Gasteiger partial charge in [0, 0.05) is 12.6 Å². The summed E-state index contributed by atoms with van der Waals surface area (Å²) in [7, 11) is 1.44. The molecule has 0 aliphatic rings. The van der Waals surface area contributed by atoms with Gasteiger partial charge in [0.15, 0.2) is 0 Å². The highest BCUT2D eigenvalue weighted by molar-refractivity contribution is 6.22. The van der Waals surface area contributed by atoms with Crippen molar-refractivity contribution in [2.24, 2.45) is 10.7 Å². The van der Waals surface area contributed by atoms with Gasteiger partial charge in [-0.25, -0.2) is 4.79 Å². The molecule has 0 aliphatic carbocycles. The lowest BCUT2D eigenvalue weighted by Gasteiger charge is -2.09. The second kappa shape index (κ2) is 6.44. The van der Waals surface area contributed by atoms with E-state index in [1.54, 1.807) is 37.3 Å². The lowest BCUT2D eigenvalue weighted by atomic mass is 10.1. The summed E-state index contributed by atoms with van der Waals surface area (Å²) in [5.41, 5.74) is 5.98. The quantitative estimate of drug-likeness (QED) is 0.278. The monoisotopic (exact) mass is 248 g/mol. The first-order chi connectivity index (χ1) is 8.61. The number of rotatable bonds is 4. The van der Waals surface area contributed by atoms with Crippen molar-refractivity contribution >= 4 is 17.6 Å². The molecule has 0 fully saturated rings. The third-order valence-corrected chi connectivity index (χ3v) is 2.26. The number of aliphatic imine (C=N–C) groups is 1. The minimum absolute atomic E-state index is 0.0604. The molecular formula is C13H16N2O3. The molecule has 0 aromatic heterocycles. The minimum Gasteiger partial charge on any atom is -0.506 e. The van der Waals surface area contributed by atoms with E-state index in [4.69, 9.17) is 10.5 Å². The zero-order chi connectivity index (χ0) is 13.5. The molecule has 5 heteroatoms. The number of ether oxygens (including phenoxy) is 1. The summed E-state index contributed by atoms with van der Waals surface area (Å²) < 4.78 is 4.85. The van der Waals surface area contributed by atoms with Crippen molar-refractivity contribution in [3.05, 3.63) is 41.5 Å². The number of esters is 1. The van der Waals surface area contributed by atoms with Crippen molar-refractivity contribution < 1.29 is 14.6 Å². The number of carbonyl (C=O) groups excluding carboxylic acids is 1. The first-order valence-electron chi connectivity index (χ1n) is 5.50. The van der Waals surface area contributed by atoms with Crippen molar-refractivity contribution in [3.8, 4) is 0 Å². The molecule has 0 atom stereocenters. The number of aliphatic hydroxyl groups is 1. The number of benzene rings is 1. The molecule has 18 heavy (non-hydrogen) atoms. The molecule has 96 valence electrons. The molecule has 1 rings (SSSR count). The number of nitrogens with two attached hydrogens (primary N) is 1. The first-order valence-corrected chi connectivity index (χ1v) is 5.50. The van der Waals surface area contributed by atoms with Gasteiger partial charge in [0.2, 0.25) is 0 Å². The van der Waals surface area contributed by atoms with Crippen molar-refractivity contribution in [3.63, 3.8) is 0 Å². The second-order valence-electron chi connectivity index (χ2n) is 3.42. The zero-order valence-electron chi connectivity index (χ0n) is 10.4. The molecule has 0 amide bonds. The molecular weight excluding hydrogens is 232 g/mol. The zero-order valence-corrected chi connectivity index (χ0v) is 10.4. The first kappa shape index (κ1) is 13.8. The average molecular weight is 248 g/mol. The number of nitrogens with zero attached hydrogens (tertiary/aromatic N) is 1. The fraction of sp³-hybridized carbons (Fsp3) is 0.231. The molecule has 1 aromatic rings. The number of hydrogen-bond acceptors (Lipinski definition) is 4. The predicted molar refractivity (Wildman–Crippen MR) is 70.2 cm³/mol. The number of amidine groups is 1. The smallest absolute Gasteiger partial charge is 0.345 e. The molecule has 0 saturated heterocycles. The Bertz CT molecular complexity index is 478. The van der Waals surface area contributed by atoms with Gasteiger partial charge in [0.05, 0.1) is 6.61 Å². The van der Waals surface area contributed by atoms with Crippen LogP contribution in [0.1, 0.15) is 12.5 Å². The van der Waals surface area contributed by atoms with Gasteiger partial charge in [-0.05, 0) is 6.92 Å². The molecule has 1 aromatic carbocycles. The standard InChI is InChI=1S/C13H16N2O3/c1-3-18-13(17)10(12(14)15-2)11(16)9-7-5-4-6-8-9/h4-8,16H,3H2,1-2H3,(H2,14,15)/b11-10-. The van der Waals surface area contributed by atoms with Crippen molar-refractivity contribution in [1.82, 2.24) is 0 Å². The summed E-state index contributed by atoms with van der Waals surface area (Å²) in [4.78, 5) is 15.5. The SMILES string of the molecule is CCOC(=O)/C(C(N)=NC)=C(\O)c1ccccc1. The van der Waals surface area contributed by atoms with Gasteiger partial charge in [0.1, 0.15) is 17.2 Å². The number of aliphatic hydroxyl groups excluding tert-OH is 1. The maximum absolute atomic E-state index is 11.8. The van der Waals surface area contributed by atoms with E-state index in [1.165, 1.54) is 7.05 Å². The highest BCUT2D eigenvalue weighted by Gasteiger charge is 2.21. The van der Waals surface area contributed by atoms with Crippen molar-refractivity contribution in [2.45, 2.75) is 6.92 Å². The molecule has 0 spiro atoms. The molecule has 0 unspecified atom stereocenters. The van der Waals surface area contributed by atoms with Crippen LogP contribution in [-0.4, -0.2) is 30.6 Å². The predicted octanol–water partition coefficient (Wildman–Crippen LogP) is 1.51. The molecule has 0 heterocycles. The van der Waals surface area contributed by atoms with E-state index in [2.05, 4.69) is 4.99 Å². The Kier molecular flexibility index (Phi) is 4.92. The molecule has 5 nitrogen and oxygen atoms in total. The Hall–Kier alpha value is -2.30. The normalized spacial score (nSPS) is 12.9. The van der Waals surface area contributed by atoms with Crippen LogP contribution in [-0.2, 0) is 9.53 Å². The summed E-state index contributed by atoms with van der Waals surface area (Å²) >= 11 is 0. The van der Waals surface area contributed by atoms with Crippen LogP contribution in [0.3, 0.4) is 0 Å². The Morgan fingerprint density at radius 1 is 1.39 bits per heavy atom. The molecule has 0 radical (unpaired) electrons. The maximum atomic E-state index is 11.8. The van der Waals surface area contributed by atoms with Crippen LogP contribution in [0.15, 0.2) is 40.9 Å². The van der Waals surface area contributed by atoms with Crippen molar-refractivity contribution in [2.75, 3.05) is 13.7 Å². The molecule has 0 bridgehead atoms. The van der Waals surface area contributed by atoms with Crippen LogP contribution in [0, 0.1) is 0 Å². The Morgan fingerprint density at radius 3 is 2.50 bits per heavy atom. The van der Waals surface area contributed by atoms with E-state index in [-0.39, 0.29) is 23.8 Å².